The molecule has 0 aliphatic carbocycles. The topological polar surface area (TPSA) is 93.1 Å². The fourth-order valence-corrected chi connectivity index (χ4v) is 4.04. The molecule has 1 unspecified atom stereocenters. The number of Topliss-reactive ketones (excluding diaryl/α,β-unsaturated/α-hetero) is 1. The van der Waals surface area contributed by atoms with Gasteiger partial charge in [0.15, 0.2) is 5.78 Å². The van der Waals surface area contributed by atoms with Crippen LogP contribution in [0.15, 0.2) is 6.08 Å². The first-order valence-electron chi connectivity index (χ1n) is 10.3. The largest absolute Gasteiger partial charge is 0.506 e. The summed E-state index contributed by atoms with van der Waals surface area (Å²) in [6, 6.07) is 0. The number of aromatic hydroxyl groups is 1. The molecule has 6 heteroatoms. The second-order valence-electron chi connectivity index (χ2n) is 8.66. The van der Waals surface area contributed by atoms with E-state index in [1.54, 1.807) is 13.0 Å². The third-order valence-corrected chi connectivity index (χ3v) is 5.87. The maximum absolute atomic E-state index is 13.1. The number of carboxylic acids is 1. The maximum Gasteiger partial charge on any atom is 0.303 e. The van der Waals surface area contributed by atoms with Crippen LogP contribution < -0.4 is 9.47 Å². The van der Waals surface area contributed by atoms with Crippen LogP contribution in [0.1, 0.15) is 87.7 Å². The van der Waals surface area contributed by atoms with Gasteiger partial charge in [-0.05, 0) is 39.3 Å². The Bertz CT molecular complexity index is 867. The van der Waals surface area contributed by atoms with E-state index in [4.69, 9.17) is 9.47 Å². The van der Waals surface area contributed by atoms with E-state index in [0.29, 0.717) is 23.3 Å². The highest BCUT2D eigenvalue weighted by atomic mass is 16.5. The van der Waals surface area contributed by atoms with Crippen LogP contribution in [0.25, 0.3) is 6.08 Å². The van der Waals surface area contributed by atoms with Crippen molar-refractivity contribution in [2.45, 2.75) is 77.9 Å². The third-order valence-electron chi connectivity index (χ3n) is 5.87. The van der Waals surface area contributed by atoms with Crippen molar-refractivity contribution in [2.75, 3.05) is 0 Å². The van der Waals surface area contributed by atoms with Crippen molar-refractivity contribution in [2.24, 2.45) is 5.92 Å². The lowest BCUT2D eigenvalue weighted by Crippen LogP contribution is -2.36. The lowest BCUT2D eigenvalue weighted by Gasteiger charge is -2.37. The van der Waals surface area contributed by atoms with E-state index in [9.17, 15) is 19.8 Å². The molecule has 0 saturated heterocycles. The summed E-state index contributed by atoms with van der Waals surface area (Å²) in [6.07, 6.45) is 5.48. The Hall–Kier alpha value is -2.50. The summed E-state index contributed by atoms with van der Waals surface area (Å²) in [5.74, 6) is -1.35. The summed E-state index contributed by atoms with van der Waals surface area (Å²) < 4.78 is 12.3. The third kappa shape index (κ3) is 3.85. The van der Waals surface area contributed by atoms with Gasteiger partial charge in [0.05, 0.1) is 17.9 Å². The zero-order chi connectivity index (χ0) is 21.5. The van der Waals surface area contributed by atoms with E-state index in [0.717, 1.165) is 12.8 Å². The molecule has 0 radical (unpaired) electrons. The Kier molecular flexibility index (Phi) is 5.65. The van der Waals surface area contributed by atoms with Gasteiger partial charge < -0.3 is 19.7 Å². The lowest BCUT2D eigenvalue weighted by atomic mass is 9.81. The van der Waals surface area contributed by atoms with Gasteiger partial charge in [-0.3, -0.25) is 9.59 Å². The smallest absolute Gasteiger partial charge is 0.303 e. The van der Waals surface area contributed by atoms with Crippen molar-refractivity contribution in [1.29, 1.82) is 0 Å². The molecular formula is C23H30O6. The first-order chi connectivity index (χ1) is 13.6. The summed E-state index contributed by atoms with van der Waals surface area (Å²) in [4.78, 5) is 24.7. The highest BCUT2D eigenvalue weighted by Crippen LogP contribution is 2.53. The summed E-state index contributed by atoms with van der Waals surface area (Å²) in [6.45, 7) is 9.42. The van der Waals surface area contributed by atoms with Gasteiger partial charge in [0, 0.05) is 11.5 Å². The minimum atomic E-state index is -0.921. The van der Waals surface area contributed by atoms with Gasteiger partial charge in [0.25, 0.3) is 0 Å². The van der Waals surface area contributed by atoms with Crippen LogP contribution in [-0.2, 0) is 4.79 Å². The molecule has 2 heterocycles. The number of phenolic OH excluding ortho intramolecular Hbond substituents is 1. The number of aliphatic carboxylic acids is 1. The first kappa shape index (κ1) is 21.2. The Balaban J connectivity index is 2.31. The van der Waals surface area contributed by atoms with Crippen molar-refractivity contribution in [3.8, 4) is 17.2 Å². The number of phenols is 1. The minimum absolute atomic E-state index is 0.0986. The molecular weight excluding hydrogens is 372 g/mol. The summed E-state index contributed by atoms with van der Waals surface area (Å²) in [7, 11) is 0. The number of hydrogen-bond acceptors (Lipinski definition) is 5. The average molecular weight is 402 g/mol. The Morgan fingerprint density at radius 3 is 2.59 bits per heavy atom. The van der Waals surface area contributed by atoms with Crippen molar-refractivity contribution < 1.29 is 29.3 Å². The molecule has 0 aromatic heterocycles. The molecule has 0 saturated carbocycles. The highest BCUT2D eigenvalue weighted by molar-refractivity contribution is 6.06. The van der Waals surface area contributed by atoms with Gasteiger partial charge in [-0.15, -0.1) is 0 Å². The minimum Gasteiger partial charge on any atom is -0.506 e. The molecule has 0 bridgehead atoms. The summed E-state index contributed by atoms with van der Waals surface area (Å²) in [5, 5.41) is 20.5. The SMILES string of the molecule is CCCCC(CC(=O)O)c1c2c(c(O)c3c1O[C@H](C)[C@@H](C)C3=O)C=CC(C)(C)O2. The van der Waals surface area contributed by atoms with Crippen LogP contribution in [0.2, 0.25) is 0 Å². The number of carbonyl (C=O) groups excluding carboxylic acids is 1. The standard InChI is InChI=1S/C23H30O6/c1-6-7-8-14(11-16(24)25)17-21-15(9-10-23(4,5)29-21)20(27)18-19(26)12(2)13(3)28-22(17)18/h9-10,12-14,27H,6-8,11H2,1-5H3,(H,24,25)/t12-,13-,14?/m1/s1. The molecule has 29 heavy (non-hydrogen) atoms. The Labute approximate surface area is 171 Å². The van der Waals surface area contributed by atoms with Gasteiger partial charge in [-0.2, -0.15) is 0 Å². The van der Waals surface area contributed by atoms with Crippen molar-refractivity contribution in [1.82, 2.24) is 0 Å². The fourth-order valence-electron chi connectivity index (χ4n) is 4.04. The first-order valence-corrected chi connectivity index (χ1v) is 10.3. The van der Waals surface area contributed by atoms with Crippen LogP contribution >= 0.6 is 0 Å². The second kappa shape index (κ2) is 7.73. The molecule has 2 aliphatic heterocycles. The van der Waals surface area contributed by atoms with Gasteiger partial charge in [-0.25, -0.2) is 0 Å². The van der Waals surface area contributed by atoms with E-state index in [1.165, 1.54) is 0 Å². The molecule has 0 spiro atoms. The van der Waals surface area contributed by atoms with Crippen LogP contribution in [0, 0.1) is 5.92 Å². The van der Waals surface area contributed by atoms with Gasteiger partial charge >= 0.3 is 5.97 Å². The highest BCUT2D eigenvalue weighted by Gasteiger charge is 2.41. The van der Waals surface area contributed by atoms with Crippen LogP contribution in [0.4, 0.5) is 0 Å². The van der Waals surface area contributed by atoms with Crippen LogP contribution in [0.5, 0.6) is 17.2 Å². The van der Waals surface area contributed by atoms with E-state index >= 15 is 0 Å². The molecule has 0 amide bonds. The predicted molar refractivity (Wildman–Crippen MR) is 110 cm³/mol. The van der Waals surface area contributed by atoms with E-state index in [-0.39, 0.29) is 41.3 Å². The van der Waals surface area contributed by atoms with Crippen molar-refractivity contribution in [3.63, 3.8) is 0 Å². The number of ether oxygens (including phenoxy) is 2. The predicted octanol–water partition coefficient (Wildman–Crippen LogP) is 4.92. The molecule has 158 valence electrons. The number of benzene rings is 1. The molecule has 2 aliphatic rings. The lowest BCUT2D eigenvalue weighted by molar-refractivity contribution is -0.137. The number of unbranched alkanes of at least 4 members (excludes halogenated alkanes) is 1. The molecule has 6 nitrogen and oxygen atoms in total. The summed E-state index contributed by atoms with van der Waals surface area (Å²) >= 11 is 0. The van der Waals surface area contributed by atoms with E-state index in [2.05, 4.69) is 0 Å². The number of carbonyl (C=O) groups is 2. The van der Waals surface area contributed by atoms with Crippen molar-refractivity contribution in [3.05, 3.63) is 22.8 Å². The average Bonchev–Trinajstić information content (AvgIpc) is 2.62. The monoisotopic (exact) mass is 402 g/mol. The number of ketones is 1. The normalized spacial score (nSPS) is 22.9. The number of rotatable bonds is 6. The zero-order valence-electron chi connectivity index (χ0n) is 17.7. The molecule has 3 atom stereocenters. The summed E-state index contributed by atoms with van der Waals surface area (Å²) in [5.41, 5.74) is 0.527. The zero-order valence-corrected chi connectivity index (χ0v) is 17.7. The molecule has 3 rings (SSSR count). The van der Waals surface area contributed by atoms with E-state index < -0.39 is 17.5 Å². The van der Waals surface area contributed by atoms with E-state index in [1.807, 2.05) is 33.8 Å². The van der Waals surface area contributed by atoms with Gasteiger partial charge in [0.2, 0.25) is 0 Å². The quantitative estimate of drug-likeness (QED) is 0.701. The second-order valence-corrected chi connectivity index (χ2v) is 8.66. The Morgan fingerprint density at radius 2 is 1.97 bits per heavy atom. The fraction of sp³-hybridized carbons (Fsp3) is 0.565. The number of hydrogen-bond donors (Lipinski definition) is 2. The number of carboxylic acid groups (broad SMARTS) is 1. The Morgan fingerprint density at radius 1 is 1.28 bits per heavy atom. The van der Waals surface area contributed by atoms with Crippen molar-refractivity contribution >= 4 is 17.8 Å². The van der Waals surface area contributed by atoms with Gasteiger partial charge in [0.1, 0.15) is 34.5 Å². The number of fused-ring (bicyclic) bond motifs is 2. The molecule has 0 fully saturated rings. The van der Waals surface area contributed by atoms with Gasteiger partial charge in [-0.1, -0.05) is 26.7 Å². The molecule has 2 N–H and O–H groups in total. The maximum atomic E-state index is 13.1. The molecule has 1 aromatic rings. The molecule has 1 aromatic carbocycles. The van der Waals surface area contributed by atoms with Crippen LogP contribution in [-0.4, -0.2) is 33.7 Å². The van der Waals surface area contributed by atoms with Crippen LogP contribution in [0.3, 0.4) is 0 Å².